The molecule has 0 saturated carbocycles. The lowest BCUT2D eigenvalue weighted by Crippen LogP contribution is -2.26. The maximum atomic E-state index is 12.2. The normalized spacial score (nSPS) is 19.4. The van der Waals surface area contributed by atoms with E-state index in [1.165, 1.54) is 6.07 Å². The molecule has 4 N–H and O–H groups in total. The van der Waals surface area contributed by atoms with Gasteiger partial charge in [0.25, 0.3) is 0 Å². The van der Waals surface area contributed by atoms with Gasteiger partial charge >= 0.3 is 12.3 Å². The smallest absolute Gasteiger partial charge is 0.481 e. The number of nitrogen functional groups attached to an aromatic ring is 1. The number of carboxylic acids is 1. The first kappa shape index (κ1) is 18.6. The molecule has 0 aromatic heterocycles. The highest BCUT2D eigenvalue weighted by Gasteiger charge is 2.32. The fourth-order valence-corrected chi connectivity index (χ4v) is 2.67. The van der Waals surface area contributed by atoms with E-state index >= 15 is 0 Å². The molecule has 2 rings (SSSR count). The first-order valence-corrected chi connectivity index (χ1v) is 7.47. The van der Waals surface area contributed by atoms with Crippen LogP contribution in [0.4, 0.5) is 18.9 Å². The number of amides is 1. The number of alkyl halides is 3. The Morgan fingerprint density at radius 3 is 2.84 bits per heavy atom. The fourth-order valence-electron chi connectivity index (χ4n) is 1.75. The van der Waals surface area contributed by atoms with Crippen molar-refractivity contribution in [2.45, 2.75) is 18.0 Å². The molecule has 1 amide bonds. The Hall–Kier alpha value is -2.76. The van der Waals surface area contributed by atoms with E-state index < -0.39 is 29.2 Å². The molecule has 1 atom stereocenters. The van der Waals surface area contributed by atoms with E-state index in [1.807, 2.05) is 0 Å². The van der Waals surface area contributed by atoms with Crippen molar-refractivity contribution in [3.8, 4) is 5.75 Å². The van der Waals surface area contributed by atoms with Crippen molar-refractivity contribution in [2.75, 3.05) is 5.73 Å². The lowest BCUT2D eigenvalue weighted by atomic mass is 10.2. The number of amidine groups is 1. The van der Waals surface area contributed by atoms with Crippen LogP contribution in [0.15, 0.2) is 28.4 Å². The van der Waals surface area contributed by atoms with Crippen molar-refractivity contribution < 1.29 is 32.6 Å². The molecular weight excluding hydrogens is 365 g/mol. The molecular formula is C13H11F3N4O4S. The molecule has 1 aromatic rings. The van der Waals surface area contributed by atoms with Gasteiger partial charge in [0, 0.05) is 11.3 Å². The minimum absolute atomic E-state index is 0.0776. The Morgan fingerprint density at radius 2 is 2.20 bits per heavy atom. The molecule has 1 saturated heterocycles. The number of aliphatic carboxylic acids is 1. The van der Waals surface area contributed by atoms with Crippen LogP contribution in [0.1, 0.15) is 12.0 Å². The number of nitrogens with two attached hydrogens (primary N) is 1. The number of hydrogen-bond acceptors (Lipinski definition) is 7. The van der Waals surface area contributed by atoms with Gasteiger partial charge in [-0.1, -0.05) is 11.8 Å². The number of carbonyl (C=O) groups is 2. The van der Waals surface area contributed by atoms with Gasteiger partial charge in [0.05, 0.1) is 12.6 Å². The Labute approximate surface area is 142 Å². The van der Waals surface area contributed by atoms with Crippen LogP contribution < -0.4 is 15.8 Å². The number of anilines is 1. The average molecular weight is 376 g/mol. The summed E-state index contributed by atoms with van der Waals surface area (Å²) in [6.45, 7) is 0. The van der Waals surface area contributed by atoms with Crippen LogP contribution in [0, 0.1) is 0 Å². The van der Waals surface area contributed by atoms with Crippen molar-refractivity contribution in [1.82, 2.24) is 5.32 Å². The molecule has 1 aliphatic rings. The van der Waals surface area contributed by atoms with E-state index in [1.54, 1.807) is 0 Å². The standard InChI is InChI=1S/C13H11F3N4O4S/c14-13(15,16)24-7-1-2-8(17)6(3-7)5-18-20-12-19-11(23)9(25-12)4-10(21)22/h1-3,5,9H,4,17H2,(H,21,22)(H,19,20,23). The second-order valence-corrected chi connectivity index (χ2v) is 5.87. The number of hydrogen-bond donors (Lipinski definition) is 3. The number of ether oxygens (including phenoxy) is 1. The maximum absolute atomic E-state index is 12.2. The summed E-state index contributed by atoms with van der Waals surface area (Å²) >= 11 is 0.888. The Morgan fingerprint density at radius 1 is 1.48 bits per heavy atom. The van der Waals surface area contributed by atoms with E-state index in [0.29, 0.717) is 0 Å². The summed E-state index contributed by atoms with van der Waals surface area (Å²) < 4.78 is 40.4. The third-order valence-corrected chi connectivity index (χ3v) is 3.85. The monoisotopic (exact) mass is 376 g/mol. The molecule has 25 heavy (non-hydrogen) atoms. The predicted octanol–water partition coefficient (Wildman–Crippen LogP) is 1.56. The number of thioether (sulfide) groups is 1. The van der Waals surface area contributed by atoms with Gasteiger partial charge in [0.2, 0.25) is 5.91 Å². The molecule has 0 aliphatic carbocycles. The number of carbonyl (C=O) groups excluding carboxylic acids is 1. The molecule has 0 bridgehead atoms. The van der Waals surface area contributed by atoms with E-state index in [0.717, 1.165) is 30.1 Å². The molecule has 8 nitrogen and oxygen atoms in total. The van der Waals surface area contributed by atoms with Crippen LogP contribution in [0.25, 0.3) is 0 Å². The number of benzene rings is 1. The van der Waals surface area contributed by atoms with Crippen LogP contribution in [0.5, 0.6) is 5.75 Å². The molecule has 1 heterocycles. The van der Waals surface area contributed by atoms with Crippen LogP contribution in [0.3, 0.4) is 0 Å². The lowest BCUT2D eigenvalue weighted by molar-refractivity contribution is -0.274. The van der Waals surface area contributed by atoms with Gasteiger partial charge in [-0.25, -0.2) is 0 Å². The van der Waals surface area contributed by atoms with Gasteiger partial charge in [-0.2, -0.15) is 5.10 Å². The molecule has 1 unspecified atom stereocenters. The zero-order valence-electron chi connectivity index (χ0n) is 12.3. The van der Waals surface area contributed by atoms with E-state index in [-0.39, 0.29) is 22.8 Å². The fraction of sp³-hybridized carbons (Fsp3) is 0.231. The van der Waals surface area contributed by atoms with Gasteiger partial charge in [-0.15, -0.1) is 18.3 Å². The molecule has 134 valence electrons. The van der Waals surface area contributed by atoms with Crippen molar-refractivity contribution in [3.63, 3.8) is 0 Å². The Bertz CT molecular complexity index is 751. The first-order valence-electron chi connectivity index (χ1n) is 6.59. The highest BCUT2D eigenvalue weighted by atomic mass is 32.2. The topological polar surface area (TPSA) is 126 Å². The largest absolute Gasteiger partial charge is 0.573 e. The first-order chi connectivity index (χ1) is 11.6. The molecule has 0 spiro atoms. The summed E-state index contributed by atoms with van der Waals surface area (Å²) in [7, 11) is 0. The van der Waals surface area contributed by atoms with Crippen molar-refractivity contribution in [3.05, 3.63) is 23.8 Å². The molecule has 1 aliphatic heterocycles. The summed E-state index contributed by atoms with van der Waals surface area (Å²) in [5, 5.41) is 17.6. The molecule has 0 radical (unpaired) electrons. The highest BCUT2D eigenvalue weighted by molar-refractivity contribution is 8.15. The van der Waals surface area contributed by atoms with Crippen molar-refractivity contribution in [1.29, 1.82) is 0 Å². The minimum atomic E-state index is -4.84. The Balaban J connectivity index is 2.08. The van der Waals surface area contributed by atoms with E-state index in [9.17, 15) is 22.8 Å². The van der Waals surface area contributed by atoms with Crippen LogP contribution >= 0.6 is 11.8 Å². The zero-order valence-corrected chi connectivity index (χ0v) is 13.1. The summed E-state index contributed by atoms with van der Waals surface area (Å²) in [6, 6.07) is 3.29. The number of halogens is 3. The van der Waals surface area contributed by atoms with Crippen LogP contribution in [0.2, 0.25) is 0 Å². The minimum Gasteiger partial charge on any atom is -0.481 e. The lowest BCUT2D eigenvalue weighted by Gasteiger charge is -2.09. The zero-order chi connectivity index (χ0) is 18.6. The second-order valence-electron chi connectivity index (χ2n) is 4.68. The number of nitrogens with one attached hydrogen (secondary N) is 1. The number of rotatable bonds is 5. The predicted molar refractivity (Wildman–Crippen MR) is 84.3 cm³/mol. The summed E-state index contributed by atoms with van der Waals surface area (Å²) in [6.07, 6.45) is -4.12. The van der Waals surface area contributed by atoms with Gasteiger partial charge in [-0.05, 0) is 18.2 Å². The van der Waals surface area contributed by atoms with E-state index in [2.05, 4.69) is 20.3 Å². The van der Waals surface area contributed by atoms with Gasteiger partial charge < -0.3 is 20.9 Å². The van der Waals surface area contributed by atoms with Crippen molar-refractivity contribution in [2.24, 2.45) is 10.2 Å². The van der Waals surface area contributed by atoms with Crippen LogP contribution in [-0.4, -0.2) is 40.0 Å². The number of carboxylic acid groups (broad SMARTS) is 1. The van der Waals surface area contributed by atoms with Crippen molar-refractivity contribution >= 4 is 40.7 Å². The quantitative estimate of drug-likeness (QED) is 0.407. The molecule has 1 aromatic carbocycles. The Kier molecular flexibility index (Phi) is 5.51. The third kappa shape index (κ3) is 5.67. The molecule has 12 heteroatoms. The van der Waals surface area contributed by atoms with Crippen LogP contribution in [-0.2, 0) is 9.59 Å². The van der Waals surface area contributed by atoms with Gasteiger partial charge in [-0.3, -0.25) is 9.59 Å². The van der Waals surface area contributed by atoms with Gasteiger partial charge in [0.1, 0.15) is 11.0 Å². The summed E-state index contributed by atoms with van der Waals surface area (Å²) in [5.74, 6) is -2.12. The number of nitrogens with zero attached hydrogens (tertiary/aromatic N) is 2. The van der Waals surface area contributed by atoms with E-state index in [4.69, 9.17) is 10.8 Å². The second kappa shape index (κ2) is 7.42. The highest BCUT2D eigenvalue weighted by Crippen LogP contribution is 2.25. The average Bonchev–Trinajstić information content (AvgIpc) is 2.80. The summed E-state index contributed by atoms with van der Waals surface area (Å²) in [5.41, 5.74) is 5.90. The molecule has 1 fully saturated rings. The summed E-state index contributed by atoms with van der Waals surface area (Å²) in [4.78, 5) is 22.1. The van der Waals surface area contributed by atoms with Gasteiger partial charge in [0.15, 0.2) is 5.17 Å². The SMILES string of the molecule is Nc1ccc(OC(F)(F)F)cc1C=NN=C1NC(=O)C(CC(=O)O)S1. The maximum Gasteiger partial charge on any atom is 0.573 e. The third-order valence-electron chi connectivity index (χ3n) is 2.77.